The van der Waals surface area contributed by atoms with Crippen LogP contribution in [0.15, 0.2) is 54.6 Å². The van der Waals surface area contributed by atoms with Crippen molar-refractivity contribution in [3.63, 3.8) is 0 Å². The van der Waals surface area contributed by atoms with Gasteiger partial charge in [0.15, 0.2) is 5.82 Å². The summed E-state index contributed by atoms with van der Waals surface area (Å²) in [7, 11) is 0. The van der Waals surface area contributed by atoms with E-state index in [0.29, 0.717) is 28.7 Å². The lowest BCUT2D eigenvalue weighted by atomic mass is 10.1. The number of hydrogen-bond acceptors (Lipinski definition) is 6. The number of imidazole rings is 1. The Labute approximate surface area is 198 Å². The highest BCUT2D eigenvalue weighted by Crippen LogP contribution is 2.22. The van der Waals surface area contributed by atoms with E-state index in [0.717, 1.165) is 11.1 Å². The van der Waals surface area contributed by atoms with Crippen molar-refractivity contribution in [3.05, 3.63) is 82.4 Å². The van der Waals surface area contributed by atoms with E-state index in [4.69, 9.17) is 22.1 Å². The van der Waals surface area contributed by atoms with Crippen molar-refractivity contribution in [2.75, 3.05) is 5.32 Å². The maximum absolute atomic E-state index is 12.7. The van der Waals surface area contributed by atoms with E-state index in [1.54, 1.807) is 54.6 Å². The molecule has 0 spiro atoms. The first-order chi connectivity index (χ1) is 16.3. The van der Waals surface area contributed by atoms with Crippen LogP contribution in [0.3, 0.4) is 0 Å². The first-order valence-corrected chi connectivity index (χ1v) is 10.4. The lowest BCUT2D eigenvalue weighted by molar-refractivity contribution is -0.131. The predicted octanol–water partition coefficient (Wildman–Crippen LogP) is 3.32. The summed E-state index contributed by atoms with van der Waals surface area (Å²) in [6.07, 6.45) is 0.321. The Morgan fingerprint density at radius 2 is 1.79 bits per heavy atom. The molecular formula is C23H19ClN6O4. The van der Waals surface area contributed by atoms with Crippen LogP contribution >= 0.6 is 11.6 Å². The van der Waals surface area contributed by atoms with Crippen LogP contribution in [0.5, 0.6) is 5.75 Å². The summed E-state index contributed by atoms with van der Waals surface area (Å²) in [5, 5.41) is 9.99. The van der Waals surface area contributed by atoms with Gasteiger partial charge in [-0.25, -0.2) is 4.98 Å². The number of carbonyl (C=O) groups is 3. The lowest BCUT2D eigenvalue weighted by Crippen LogP contribution is -2.18. The number of esters is 1. The number of hydrogen-bond donors (Lipinski definition) is 4. The van der Waals surface area contributed by atoms with E-state index in [9.17, 15) is 14.4 Å². The highest BCUT2D eigenvalue weighted by Gasteiger charge is 2.19. The van der Waals surface area contributed by atoms with E-state index in [1.807, 2.05) is 0 Å². The zero-order valence-corrected chi connectivity index (χ0v) is 18.6. The van der Waals surface area contributed by atoms with Gasteiger partial charge >= 0.3 is 5.97 Å². The van der Waals surface area contributed by atoms with E-state index >= 15 is 0 Å². The van der Waals surface area contributed by atoms with Crippen molar-refractivity contribution >= 4 is 35.2 Å². The minimum atomic E-state index is -0.772. The molecule has 2 amide bonds. The standard InChI is InChI=1S/C23H19ClN6O4/c1-12(31)34-16-8-2-13(3-9-16)10-19-26-20(21(25)32)22(27-19)28-23(33)18-11-17(29-30-18)14-4-6-15(24)7-5-14/h2-9,11H,10H2,1H3,(H2,25,32)(H,26,27)(H,28,33)(H,29,30). The molecule has 2 aromatic carbocycles. The Balaban J connectivity index is 1.49. The van der Waals surface area contributed by atoms with Gasteiger partial charge in [0.25, 0.3) is 11.8 Å². The molecule has 0 atom stereocenters. The first kappa shape index (κ1) is 22.7. The number of amides is 2. The van der Waals surface area contributed by atoms with Crippen molar-refractivity contribution in [2.24, 2.45) is 5.73 Å². The summed E-state index contributed by atoms with van der Waals surface area (Å²) >= 11 is 5.91. The van der Waals surface area contributed by atoms with Crippen LogP contribution in [0.4, 0.5) is 5.82 Å². The van der Waals surface area contributed by atoms with E-state index in [1.165, 1.54) is 6.92 Å². The van der Waals surface area contributed by atoms with Crippen LogP contribution in [0, 0.1) is 0 Å². The maximum Gasteiger partial charge on any atom is 0.308 e. The normalized spacial score (nSPS) is 10.6. The minimum absolute atomic E-state index is 0.00618. The number of nitrogens with two attached hydrogens (primary N) is 1. The summed E-state index contributed by atoms with van der Waals surface area (Å²) < 4.78 is 5.01. The average molecular weight is 479 g/mol. The molecule has 0 aliphatic heterocycles. The van der Waals surface area contributed by atoms with E-state index in [-0.39, 0.29) is 17.2 Å². The van der Waals surface area contributed by atoms with E-state index < -0.39 is 17.8 Å². The predicted molar refractivity (Wildman–Crippen MR) is 125 cm³/mol. The number of rotatable bonds is 7. The number of aromatic amines is 2. The Bertz CT molecular complexity index is 1360. The van der Waals surface area contributed by atoms with Crippen molar-refractivity contribution in [1.82, 2.24) is 20.2 Å². The van der Waals surface area contributed by atoms with Gasteiger partial charge in [-0.15, -0.1) is 0 Å². The number of nitrogens with zero attached hydrogens (tertiary/aromatic N) is 2. The summed E-state index contributed by atoms with van der Waals surface area (Å²) in [5.74, 6) is -0.894. The van der Waals surface area contributed by atoms with Gasteiger partial charge in [0.1, 0.15) is 23.0 Å². The van der Waals surface area contributed by atoms with Crippen molar-refractivity contribution in [1.29, 1.82) is 0 Å². The molecule has 0 aliphatic rings. The monoisotopic (exact) mass is 478 g/mol. The maximum atomic E-state index is 12.7. The number of aromatic nitrogens is 4. The summed E-state index contributed by atoms with van der Waals surface area (Å²) in [5.41, 5.74) is 7.76. The molecule has 0 fully saturated rings. The molecular weight excluding hydrogens is 460 g/mol. The Morgan fingerprint density at radius 3 is 2.44 bits per heavy atom. The molecule has 0 saturated heterocycles. The second-order valence-corrected chi connectivity index (χ2v) is 7.75. The molecule has 0 saturated carbocycles. The van der Waals surface area contributed by atoms with Gasteiger partial charge in [0, 0.05) is 23.9 Å². The molecule has 2 aromatic heterocycles. The first-order valence-electron chi connectivity index (χ1n) is 10.1. The fourth-order valence-electron chi connectivity index (χ4n) is 3.19. The van der Waals surface area contributed by atoms with Gasteiger partial charge in [0.2, 0.25) is 0 Å². The fraction of sp³-hybridized carbons (Fsp3) is 0.0870. The largest absolute Gasteiger partial charge is 0.427 e. The van der Waals surface area contributed by atoms with Crippen molar-refractivity contribution in [2.45, 2.75) is 13.3 Å². The molecule has 0 unspecified atom stereocenters. The summed E-state index contributed by atoms with van der Waals surface area (Å²) in [4.78, 5) is 42.8. The third kappa shape index (κ3) is 5.30. The number of H-pyrrole nitrogens is 2. The molecule has 4 aromatic rings. The Kier molecular flexibility index (Phi) is 6.42. The van der Waals surface area contributed by atoms with Gasteiger partial charge in [-0.3, -0.25) is 19.5 Å². The molecule has 0 bridgehead atoms. The average Bonchev–Trinajstić information content (AvgIpc) is 3.43. The number of halogens is 1. The Morgan fingerprint density at radius 1 is 1.09 bits per heavy atom. The van der Waals surface area contributed by atoms with E-state index in [2.05, 4.69) is 25.5 Å². The number of carbonyl (C=O) groups excluding carboxylic acids is 3. The quantitative estimate of drug-likeness (QED) is 0.236. The van der Waals surface area contributed by atoms with Gasteiger partial charge in [-0.05, 0) is 35.9 Å². The third-order valence-corrected chi connectivity index (χ3v) is 5.00. The zero-order chi connectivity index (χ0) is 24.2. The number of benzene rings is 2. The molecule has 11 heteroatoms. The van der Waals surface area contributed by atoms with Crippen LogP contribution in [-0.2, 0) is 11.2 Å². The van der Waals surface area contributed by atoms with Crippen LogP contribution in [0.25, 0.3) is 11.3 Å². The highest BCUT2D eigenvalue weighted by molar-refractivity contribution is 6.30. The molecule has 4 rings (SSSR count). The number of primary amides is 1. The van der Waals surface area contributed by atoms with Gasteiger partial charge in [0.05, 0.1) is 5.69 Å². The second-order valence-electron chi connectivity index (χ2n) is 7.31. The third-order valence-electron chi connectivity index (χ3n) is 4.75. The smallest absolute Gasteiger partial charge is 0.308 e. The summed E-state index contributed by atoms with van der Waals surface area (Å²) in [6.45, 7) is 1.32. The topological polar surface area (TPSA) is 156 Å². The Hall–Kier alpha value is -4.44. The molecule has 2 heterocycles. The molecule has 0 aliphatic carbocycles. The van der Waals surface area contributed by atoms with Crippen molar-refractivity contribution in [3.8, 4) is 17.0 Å². The molecule has 0 radical (unpaired) electrons. The molecule has 34 heavy (non-hydrogen) atoms. The van der Waals surface area contributed by atoms with Gasteiger partial charge in [-0.2, -0.15) is 5.10 Å². The molecule has 172 valence electrons. The number of anilines is 1. The molecule has 5 N–H and O–H groups in total. The van der Waals surface area contributed by atoms with Crippen molar-refractivity contribution < 1.29 is 19.1 Å². The van der Waals surface area contributed by atoms with Crippen LogP contribution in [0.1, 0.15) is 39.3 Å². The van der Waals surface area contributed by atoms with Gasteiger partial charge < -0.3 is 20.8 Å². The van der Waals surface area contributed by atoms with Crippen LogP contribution in [-0.4, -0.2) is 37.9 Å². The second kappa shape index (κ2) is 9.59. The lowest BCUT2D eigenvalue weighted by Gasteiger charge is -2.02. The minimum Gasteiger partial charge on any atom is -0.427 e. The van der Waals surface area contributed by atoms with Crippen LogP contribution in [0.2, 0.25) is 5.02 Å². The van der Waals surface area contributed by atoms with Crippen LogP contribution < -0.4 is 15.8 Å². The highest BCUT2D eigenvalue weighted by atomic mass is 35.5. The zero-order valence-electron chi connectivity index (χ0n) is 17.9. The van der Waals surface area contributed by atoms with Gasteiger partial charge in [-0.1, -0.05) is 35.9 Å². The fourth-order valence-corrected chi connectivity index (χ4v) is 3.32. The SMILES string of the molecule is CC(=O)Oc1ccc(Cc2nc(NC(=O)c3cc(-c4ccc(Cl)cc4)n[nH]3)c(C(N)=O)[nH]2)cc1. The summed E-state index contributed by atoms with van der Waals surface area (Å²) in [6, 6.07) is 15.4. The number of nitrogens with one attached hydrogen (secondary N) is 3. The number of ether oxygens (including phenoxy) is 1. The molecule has 10 nitrogen and oxygen atoms in total.